The standard InChI is InChI=1S/C12H15ClN4O/c1-9(13)11-15-10-3-2-4-14-12(10)17(11)16-5-7-18-8-6-16/h2-4,9H,5-8H2,1H3. The van der Waals surface area contributed by atoms with Crippen molar-refractivity contribution in [2.45, 2.75) is 12.3 Å². The number of rotatable bonds is 2. The fraction of sp³-hybridized carbons (Fsp3) is 0.500. The van der Waals surface area contributed by atoms with Gasteiger partial charge in [-0.1, -0.05) is 0 Å². The van der Waals surface area contributed by atoms with Crippen molar-refractivity contribution in [2.75, 3.05) is 31.3 Å². The van der Waals surface area contributed by atoms with E-state index in [0.29, 0.717) is 0 Å². The molecule has 1 aliphatic rings. The minimum atomic E-state index is -0.151. The van der Waals surface area contributed by atoms with Gasteiger partial charge in [-0.05, 0) is 19.1 Å². The summed E-state index contributed by atoms with van der Waals surface area (Å²) < 4.78 is 7.42. The Morgan fingerprint density at radius 1 is 1.39 bits per heavy atom. The quantitative estimate of drug-likeness (QED) is 0.776. The predicted molar refractivity (Wildman–Crippen MR) is 70.6 cm³/mol. The minimum Gasteiger partial charge on any atom is -0.378 e. The summed E-state index contributed by atoms with van der Waals surface area (Å²) in [6.07, 6.45) is 1.78. The second-order valence-electron chi connectivity index (χ2n) is 4.31. The van der Waals surface area contributed by atoms with E-state index in [1.54, 1.807) is 6.20 Å². The third kappa shape index (κ3) is 1.93. The second kappa shape index (κ2) is 4.74. The molecule has 0 radical (unpaired) electrons. The van der Waals surface area contributed by atoms with Crippen LogP contribution in [0.1, 0.15) is 18.1 Å². The molecule has 0 spiro atoms. The predicted octanol–water partition coefficient (Wildman–Crippen LogP) is 1.70. The molecule has 1 unspecified atom stereocenters. The van der Waals surface area contributed by atoms with Crippen LogP contribution < -0.4 is 5.01 Å². The first kappa shape index (κ1) is 11.7. The molecular formula is C12H15ClN4O. The number of aromatic nitrogens is 3. The molecule has 3 heterocycles. The highest BCUT2D eigenvalue weighted by Gasteiger charge is 2.21. The molecule has 5 nitrogen and oxygen atoms in total. The van der Waals surface area contributed by atoms with Gasteiger partial charge < -0.3 is 9.75 Å². The Hall–Kier alpha value is -1.33. The topological polar surface area (TPSA) is 43.2 Å². The van der Waals surface area contributed by atoms with Crippen LogP contribution in [-0.4, -0.2) is 40.9 Å². The third-order valence-electron chi connectivity index (χ3n) is 3.04. The van der Waals surface area contributed by atoms with Crippen molar-refractivity contribution in [1.29, 1.82) is 0 Å². The van der Waals surface area contributed by atoms with Crippen molar-refractivity contribution in [3.63, 3.8) is 0 Å². The van der Waals surface area contributed by atoms with Crippen LogP contribution in [0.3, 0.4) is 0 Å². The fourth-order valence-corrected chi connectivity index (χ4v) is 2.35. The first-order chi connectivity index (χ1) is 8.77. The number of nitrogens with zero attached hydrogens (tertiary/aromatic N) is 4. The Balaban J connectivity index is 2.14. The average molecular weight is 267 g/mol. The molecule has 1 atom stereocenters. The largest absolute Gasteiger partial charge is 0.378 e. The number of hydrogen-bond donors (Lipinski definition) is 0. The molecule has 18 heavy (non-hydrogen) atoms. The number of ether oxygens (including phenoxy) is 1. The smallest absolute Gasteiger partial charge is 0.179 e. The molecule has 0 saturated carbocycles. The Labute approximate surface area is 110 Å². The molecule has 0 bridgehead atoms. The van der Waals surface area contributed by atoms with Crippen molar-refractivity contribution < 1.29 is 4.74 Å². The number of halogens is 1. The van der Waals surface area contributed by atoms with Crippen molar-refractivity contribution in [3.05, 3.63) is 24.2 Å². The summed E-state index contributed by atoms with van der Waals surface area (Å²) in [7, 11) is 0. The van der Waals surface area contributed by atoms with Gasteiger partial charge >= 0.3 is 0 Å². The zero-order valence-electron chi connectivity index (χ0n) is 10.2. The second-order valence-corrected chi connectivity index (χ2v) is 4.96. The molecule has 0 aliphatic carbocycles. The van der Waals surface area contributed by atoms with E-state index in [-0.39, 0.29) is 5.38 Å². The van der Waals surface area contributed by atoms with Crippen LogP contribution in [0.15, 0.2) is 18.3 Å². The first-order valence-electron chi connectivity index (χ1n) is 6.08. The summed E-state index contributed by atoms with van der Waals surface area (Å²) in [5.74, 6) is 0.840. The van der Waals surface area contributed by atoms with Gasteiger partial charge in [0.1, 0.15) is 11.3 Å². The molecule has 1 aliphatic heterocycles. The maximum Gasteiger partial charge on any atom is 0.179 e. The number of fused-ring (bicyclic) bond motifs is 1. The lowest BCUT2D eigenvalue weighted by atomic mass is 10.4. The van der Waals surface area contributed by atoms with Gasteiger partial charge in [-0.2, -0.15) is 0 Å². The van der Waals surface area contributed by atoms with Crippen molar-refractivity contribution in [2.24, 2.45) is 0 Å². The molecule has 0 aromatic carbocycles. The van der Waals surface area contributed by atoms with Crippen LogP contribution in [-0.2, 0) is 4.74 Å². The molecule has 6 heteroatoms. The molecule has 96 valence electrons. The van der Waals surface area contributed by atoms with E-state index < -0.39 is 0 Å². The number of pyridine rings is 1. The number of morpholine rings is 1. The Bertz CT molecular complexity index is 548. The normalized spacial score (nSPS) is 18.2. The highest BCUT2D eigenvalue weighted by Crippen LogP contribution is 2.23. The monoisotopic (exact) mass is 266 g/mol. The Morgan fingerprint density at radius 2 is 2.17 bits per heavy atom. The summed E-state index contributed by atoms with van der Waals surface area (Å²) in [6, 6.07) is 3.85. The highest BCUT2D eigenvalue weighted by atomic mass is 35.5. The fourth-order valence-electron chi connectivity index (χ4n) is 2.21. The van der Waals surface area contributed by atoms with Gasteiger partial charge in [0.15, 0.2) is 5.65 Å². The van der Waals surface area contributed by atoms with Crippen molar-refractivity contribution in [3.8, 4) is 0 Å². The molecule has 3 rings (SSSR count). The number of imidazole rings is 1. The van der Waals surface area contributed by atoms with Gasteiger partial charge in [0.2, 0.25) is 0 Å². The number of alkyl halides is 1. The van der Waals surface area contributed by atoms with Gasteiger partial charge in [-0.15, -0.1) is 11.6 Å². The molecule has 2 aromatic rings. The van der Waals surface area contributed by atoms with Gasteiger partial charge in [-0.25, -0.2) is 14.6 Å². The van der Waals surface area contributed by atoms with E-state index in [9.17, 15) is 0 Å². The summed E-state index contributed by atoms with van der Waals surface area (Å²) >= 11 is 6.23. The van der Waals surface area contributed by atoms with Gasteiger partial charge in [0.25, 0.3) is 0 Å². The molecule has 2 aromatic heterocycles. The van der Waals surface area contributed by atoms with E-state index in [0.717, 1.165) is 43.3 Å². The summed E-state index contributed by atoms with van der Waals surface area (Å²) in [5.41, 5.74) is 1.74. The maximum atomic E-state index is 6.23. The summed E-state index contributed by atoms with van der Waals surface area (Å²) in [4.78, 5) is 8.99. The minimum absolute atomic E-state index is 0.151. The van der Waals surface area contributed by atoms with Crippen LogP contribution in [0.4, 0.5) is 0 Å². The Morgan fingerprint density at radius 3 is 2.89 bits per heavy atom. The van der Waals surface area contributed by atoms with Gasteiger partial charge in [0.05, 0.1) is 31.7 Å². The van der Waals surface area contributed by atoms with Crippen LogP contribution in [0.25, 0.3) is 11.2 Å². The van der Waals surface area contributed by atoms with E-state index in [2.05, 4.69) is 15.0 Å². The van der Waals surface area contributed by atoms with Gasteiger partial charge in [0, 0.05) is 6.20 Å². The van der Waals surface area contributed by atoms with Crippen LogP contribution >= 0.6 is 11.6 Å². The van der Waals surface area contributed by atoms with Crippen molar-refractivity contribution >= 4 is 22.8 Å². The molecule has 1 saturated heterocycles. The van der Waals surface area contributed by atoms with Crippen LogP contribution in [0.2, 0.25) is 0 Å². The van der Waals surface area contributed by atoms with E-state index in [1.165, 1.54) is 0 Å². The SMILES string of the molecule is CC(Cl)c1nc2cccnc2n1N1CCOCC1. The van der Waals surface area contributed by atoms with Crippen LogP contribution in [0.5, 0.6) is 0 Å². The molecule has 0 N–H and O–H groups in total. The zero-order valence-corrected chi connectivity index (χ0v) is 11.0. The summed E-state index contributed by atoms with van der Waals surface area (Å²) in [6.45, 7) is 5.04. The zero-order chi connectivity index (χ0) is 12.5. The molecular weight excluding hydrogens is 252 g/mol. The van der Waals surface area contributed by atoms with Crippen LogP contribution in [0, 0.1) is 0 Å². The molecule has 1 fully saturated rings. The van der Waals surface area contributed by atoms with E-state index in [4.69, 9.17) is 16.3 Å². The highest BCUT2D eigenvalue weighted by molar-refractivity contribution is 6.20. The maximum absolute atomic E-state index is 6.23. The van der Waals surface area contributed by atoms with Crippen molar-refractivity contribution in [1.82, 2.24) is 14.6 Å². The molecule has 0 amide bonds. The number of hydrogen-bond acceptors (Lipinski definition) is 4. The lowest BCUT2D eigenvalue weighted by Gasteiger charge is -2.31. The average Bonchev–Trinajstić information content (AvgIpc) is 2.79. The Kier molecular flexibility index (Phi) is 3.09. The third-order valence-corrected chi connectivity index (χ3v) is 3.24. The van der Waals surface area contributed by atoms with Gasteiger partial charge in [-0.3, -0.25) is 0 Å². The lowest BCUT2D eigenvalue weighted by Crippen LogP contribution is -2.44. The summed E-state index contributed by atoms with van der Waals surface area (Å²) in [5, 5.41) is 2.04. The first-order valence-corrected chi connectivity index (χ1v) is 6.51. The van der Waals surface area contributed by atoms with E-state index >= 15 is 0 Å². The lowest BCUT2D eigenvalue weighted by molar-refractivity contribution is 0.111. The van der Waals surface area contributed by atoms with E-state index in [1.807, 2.05) is 23.7 Å².